The van der Waals surface area contributed by atoms with E-state index < -0.39 is 0 Å². The van der Waals surface area contributed by atoms with Gasteiger partial charge in [0, 0.05) is 10.0 Å². The van der Waals surface area contributed by atoms with Gasteiger partial charge in [-0.2, -0.15) is 4.98 Å². The van der Waals surface area contributed by atoms with Gasteiger partial charge in [0.1, 0.15) is 0 Å². The molecule has 1 heterocycles. The second-order valence-corrected chi connectivity index (χ2v) is 3.38. The van der Waals surface area contributed by atoms with Crippen molar-refractivity contribution in [1.29, 1.82) is 0 Å². The lowest BCUT2D eigenvalue weighted by Crippen LogP contribution is -1.85. The van der Waals surface area contributed by atoms with Crippen molar-refractivity contribution in [3.8, 4) is 11.5 Å². The van der Waals surface area contributed by atoms with Crippen molar-refractivity contribution in [3.63, 3.8) is 0 Å². The van der Waals surface area contributed by atoms with E-state index in [9.17, 15) is 0 Å². The highest BCUT2D eigenvalue weighted by molar-refractivity contribution is 9.10. The van der Waals surface area contributed by atoms with E-state index in [4.69, 9.17) is 10.3 Å². The zero-order valence-electron chi connectivity index (χ0n) is 6.57. The third kappa shape index (κ3) is 1.70. The molecule has 0 saturated carbocycles. The van der Waals surface area contributed by atoms with Gasteiger partial charge in [-0.15, -0.1) is 0 Å². The van der Waals surface area contributed by atoms with E-state index in [1.807, 2.05) is 24.3 Å². The first kappa shape index (κ1) is 8.25. The van der Waals surface area contributed by atoms with Crippen LogP contribution in [0.25, 0.3) is 11.5 Å². The summed E-state index contributed by atoms with van der Waals surface area (Å²) >= 11 is 3.33. The summed E-state index contributed by atoms with van der Waals surface area (Å²) in [6.07, 6.45) is 0. The summed E-state index contributed by atoms with van der Waals surface area (Å²) < 4.78 is 5.89. The van der Waals surface area contributed by atoms with Gasteiger partial charge in [-0.3, -0.25) is 0 Å². The third-order valence-corrected chi connectivity index (χ3v) is 2.06. The van der Waals surface area contributed by atoms with E-state index in [1.165, 1.54) is 0 Å². The Bertz CT molecular complexity index is 410. The number of halogens is 1. The zero-order valence-corrected chi connectivity index (χ0v) is 8.15. The summed E-state index contributed by atoms with van der Waals surface area (Å²) in [6.45, 7) is 0. The maximum atomic E-state index is 5.32. The number of aromatic nitrogens is 2. The van der Waals surface area contributed by atoms with Gasteiger partial charge >= 0.3 is 0 Å². The summed E-state index contributed by atoms with van der Waals surface area (Å²) in [7, 11) is 0. The molecule has 4 nitrogen and oxygen atoms in total. The summed E-state index contributed by atoms with van der Waals surface area (Å²) in [5.41, 5.74) is 6.17. The lowest BCUT2D eigenvalue weighted by molar-refractivity contribution is 0.433. The van der Waals surface area contributed by atoms with Crippen molar-refractivity contribution in [2.45, 2.75) is 0 Å². The second kappa shape index (κ2) is 3.18. The molecule has 1 aromatic heterocycles. The van der Waals surface area contributed by atoms with Gasteiger partial charge in [0.15, 0.2) is 0 Å². The maximum absolute atomic E-state index is 5.32. The molecule has 2 rings (SSSR count). The van der Waals surface area contributed by atoms with Crippen LogP contribution in [0.1, 0.15) is 0 Å². The van der Waals surface area contributed by atoms with Gasteiger partial charge in [0.05, 0.1) is 0 Å². The Hall–Kier alpha value is -1.36. The van der Waals surface area contributed by atoms with Crippen LogP contribution in [0.3, 0.4) is 0 Å². The van der Waals surface area contributed by atoms with Crippen LogP contribution < -0.4 is 5.73 Å². The van der Waals surface area contributed by atoms with E-state index >= 15 is 0 Å². The van der Waals surface area contributed by atoms with E-state index in [0.29, 0.717) is 5.89 Å². The SMILES string of the molecule is Nc1noc(-c2ccc(Br)cc2)n1. The highest BCUT2D eigenvalue weighted by Gasteiger charge is 2.05. The van der Waals surface area contributed by atoms with Crippen LogP contribution in [-0.4, -0.2) is 10.1 Å². The average molecular weight is 240 g/mol. The molecule has 0 aliphatic rings. The standard InChI is InChI=1S/C8H6BrN3O/c9-6-3-1-5(2-4-6)7-11-8(10)12-13-7/h1-4H,(H2,10,12). The highest BCUT2D eigenvalue weighted by atomic mass is 79.9. The first-order chi connectivity index (χ1) is 6.25. The number of hydrogen-bond donors (Lipinski definition) is 1. The van der Waals surface area contributed by atoms with Gasteiger partial charge < -0.3 is 10.3 Å². The number of anilines is 1. The van der Waals surface area contributed by atoms with Gasteiger partial charge in [-0.1, -0.05) is 15.9 Å². The van der Waals surface area contributed by atoms with Crippen LogP contribution in [0, 0.1) is 0 Å². The average Bonchev–Trinajstić information content (AvgIpc) is 2.53. The quantitative estimate of drug-likeness (QED) is 0.828. The summed E-state index contributed by atoms with van der Waals surface area (Å²) in [4.78, 5) is 3.90. The summed E-state index contributed by atoms with van der Waals surface area (Å²) in [5, 5.41) is 3.50. The number of nitrogens with zero attached hydrogens (tertiary/aromatic N) is 2. The minimum absolute atomic E-state index is 0.151. The van der Waals surface area contributed by atoms with Crippen molar-refractivity contribution in [2.75, 3.05) is 5.73 Å². The number of rotatable bonds is 1. The number of nitrogen functional groups attached to an aromatic ring is 1. The van der Waals surface area contributed by atoms with Gasteiger partial charge in [-0.25, -0.2) is 0 Å². The molecule has 0 bridgehead atoms. The zero-order chi connectivity index (χ0) is 9.26. The van der Waals surface area contributed by atoms with Gasteiger partial charge in [0.2, 0.25) is 0 Å². The molecule has 0 aliphatic heterocycles. The smallest absolute Gasteiger partial charge is 0.261 e. The molecule has 1 aromatic carbocycles. The van der Waals surface area contributed by atoms with E-state index in [-0.39, 0.29) is 5.95 Å². The Kier molecular flexibility index (Phi) is 2.02. The van der Waals surface area contributed by atoms with Gasteiger partial charge in [-0.05, 0) is 29.4 Å². The van der Waals surface area contributed by atoms with Crippen LogP contribution in [0.15, 0.2) is 33.3 Å². The van der Waals surface area contributed by atoms with Gasteiger partial charge in [0.25, 0.3) is 11.8 Å². The van der Waals surface area contributed by atoms with E-state index in [2.05, 4.69) is 26.1 Å². The maximum Gasteiger partial charge on any atom is 0.261 e. The fourth-order valence-corrected chi connectivity index (χ4v) is 1.21. The molecule has 0 saturated heterocycles. The molecule has 2 N–H and O–H groups in total. The lowest BCUT2D eigenvalue weighted by Gasteiger charge is -1.92. The Labute approximate surface area is 82.9 Å². The van der Waals surface area contributed by atoms with Crippen molar-refractivity contribution in [3.05, 3.63) is 28.7 Å². The fraction of sp³-hybridized carbons (Fsp3) is 0. The summed E-state index contributed by atoms with van der Waals surface area (Å²) in [5.74, 6) is 0.586. The molecule has 0 radical (unpaired) electrons. The Morgan fingerprint density at radius 3 is 2.46 bits per heavy atom. The largest absolute Gasteiger partial charge is 0.365 e. The van der Waals surface area contributed by atoms with Crippen molar-refractivity contribution < 1.29 is 4.52 Å². The van der Waals surface area contributed by atoms with Crippen molar-refractivity contribution >= 4 is 21.9 Å². The van der Waals surface area contributed by atoms with E-state index in [0.717, 1.165) is 10.0 Å². The molecule has 0 atom stereocenters. The molecular weight excluding hydrogens is 234 g/mol. The van der Waals surface area contributed by atoms with Crippen LogP contribution in [0.5, 0.6) is 0 Å². The Morgan fingerprint density at radius 2 is 1.92 bits per heavy atom. The normalized spacial score (nSPS) is 10.2. The monoisotopic (exact) mass is 239 g/mol. The first-order valence-corrected chi connectivity index (χ1v) is 4.40. The summed E-state index contributed by atoms with van der Waals surface area (Å²) in [6, 6.07) is 7.54. The number of benzene rings is 1. The van der Waals surface area contributed by atoms with Crippen molar-refractivity contribution in [1.82, 2.24) is 10.1 Å². The first-order valence-electron chi connectivity index (χ1n) is 3.61. The molecule has 13 heavy (non-hydrogen) atoms. The minimum Gasteiger partial charge on any atom is -0.365 e. The predicted molar refractivity (Wildman–Crippen MR) is 51.8 cm³/mol. The number of nitrogens with two attached hydrogens (primary N) is 1. The van der Waals surface area contributed by atoms with Crippen molar-refractivity contribution in [2.24, 2.45) is 0 Å². The topological polar surface area (TPSA) is 64.9 Å². The second-order valence-electron chi connectivity index (χ2n) is 2.46. The molecule has 5 heteroatoms. The predicted octanol–water partition coefficient (Wildman–Crippen LogP) is 2.08. The fourth-order valence-electron chi connectivity index (χ4n) is 0.945. The number of hydrogen-bond acceptors (Lipinski definition) is 4. The minimum atomic E-state index is 0.151. The molecule has 0 fully saturated rings. The molecular formula is C8H6BrN3O. The van der Waals surface area contributed by atoms with E-state index in [1.54, 1.807) is 0 Å². The molecule has 66 valence electrons. The molecule has 0 amide bonds. The van der Waals surface area contributed by atoms with Crippen LogP contribution in [0.2, 0.25) is 0 Å². The molecule has 0 spiro atoms. The van der Waals surface area contributed by atoms with Crippen LogP contribution >= 0.6 is 15.9 Å². The van der Waals surface area contributed by atoms with Crippen LogP contribution in [0.4, 0.5) is 5.95 Å². The molecule has 2 aromatic rings. The lowest BCUT2D eigenvalue weighted by atomic mass is 10.2. The Morgan fingerprint density at radius 1 is 1.23 bits per heavy atom. The van der Waals surface area contributed by atoms with Crippen LogP contribution in [-0.2, 0) is 0 Å². The molecule has 0 unspecified atom stereocenters. The molecule has 0 aliphatic carbocycles. The third-order valence-electron chi connectivity index (χ3n) is 1.53. The Balaban J connectivity index is 2.41. The highest BCUT2D eigenvalue weighted by Crippen LogP contribution is 2.19.